The van der Waals surface area contributed by atoms with Gasteiger partial charge in [0.1, 0.15) is 0 Å². The highest BCUT2D eigenvalue weighted by Crippen LogP contribution is 2.34. The van der Waals surface area contributed by atoms with Crippen molar-refractivity contribution in [2.75, 3.05) is 0 Å². The Kier molecular flexibility index (Phi) is 4.30. The third-order valence-electron chi connectivity index (χ3n) is 5.23. The third kappa shape index (κ3) is 2.64. The highest BCUT2D eigenvalue weighted by Gasteiger charge is 2.23. The Hall–Kier alpha value is -1.12. The van der Waals surface area contributed by atoms with Gasteiger partial charge < -0.3 is 0 Å². The average molecular weight is 444 g/mol. The van der Waals surface area contributed by atoms with Gasteiger partial charge in [-0.1, -0.05) is 68.5 Å². The second-order valence-electron chi connectivity index (χ2n) is 7.02. The van der Waals surface area contributed by atoms with Crippen molar-refractivity contribution in [2.45, 2.75) is 26.2 Å². The van der Waals surface area contributed by atoms with Crippen LogP contribution in [0.3, 0.4) is 0 Å². The fraction of sp³-hybridized carbons (Fsp3) is 0.273. The molecule has 0 N–H and O–H groups in total. The Morgan fingerprint density at radius 1 is 0.917 bits per heavy atom. The molecule has 0 amide bonds. The maximum Gasteiger partial charge on any atom is 0.0326 e. The highest BCUT2D eigenvalue weighted by atomic mass is 79.9. The molecule has 0 nitrogen and oxygen atoms in total. The Morgan fingerprint density at radius 2 is 1.62 bits per heavy atom. The lowest BCUT2D eigenvalue weighted by molar-refractivity contribution is 0.689. The van der Waals surface area contributed by atoms with Gasteiger partial charge in [0, 0.05) is 14.9 Å². The summed E-state index contributed by atoms with van der Waals surface area (Å²) in [5, 5.41) is 2.68. The van der Waals surface area contributed by atoms with Crippen LogP contribution >= 0.6 is 31.9 Å². The van der Waals surface area contributed by atoms with Crippen LogP contribution in [0.25, 0.3) is 18.2 Å². The molecule has 2 aliphatic carbocycles. The van der Waals surface area contributed by atoms with E-state index >= 15 is 0 Å². The molecule has 0 spiro atoms. The Morgan fingerprint density at radius 3 is 2.38 bits per heavy atom. The molecule has 2 aromatic carbocycles. The van der Waals surface area contributed by atoms with Gasteiger partial charge in [0.2, 0.25) is 0 Å². The molecule has 0 fully saturated rings. The zero-order valence-electron chi connectivity index (χ0n) is 13.9. The normalized spacial score (nSPS) is 24.6. The van der Waals surface area contributed by atoms with Crippen molar-refractivity contribution in [3.05, 3.63) is 72.5 Å². The number of rotatable bonds is 1. The number of hydrogen-bond acceptors (Lipinski definition) is 0. The van der Waals surface area contributed by atoms with E-state index in [-0.39, 0.29) is 0 Å². The van der Waals surface area contributed by atoms with Crippen molar-refractivity contribution in [1.82, 2.24) is 0 Å². The van der Waals surface area contributed by atoms with E-state index < -0.39 is 0 Å². The van der Waals surface area contributed by atoms with Gasteiger partial charge >= 0.3 is 0 Å². The van der Waals surface area contributed by atoms with E-state index in [1.165, 1.54) is 36.1 Å². The van der Waals surface area contributed by atoms with E-state index in [0.29, 0.717) is 17.8 Å². The van der Waals surface area contributed by atoms with Gasteiger partial charge in [0.25, 0.3) is 0 Å². The van der Waals surface area contributed by atoms with E-state index in [2.05, 4.69) is 100 Å². The van der Waals surface area contributed by atoms with E-state index in [4.69, 9.17) is 0 Å². The summed E-state index contributed by atoms with van der Waals surface area (Å²) in [6.07, 6.45) is 10.6. The number of hydrogen-bond donors (Lipinski definition) is 0. The number of fused-ring (bicyclic) bond motifs is 2. The predicted octanol–water partition coefficient (Wildman–Crippen LogP) is 5.41. The summed E-state index contributed by atoms with van der Waals surface area (Å²) >= 11 is 7.82. The first kappa shape index (κ1) is 16.4. The van der Waals surface area contributed by atoms with E-state index in [9.17, 15) is 0 Å². The Labute approximate surface area is 160 Å². The first-order chi connectivity index (χ1) is 11.6. The summed E-state index contributed by atoms with van der Waals surface area (Å²) in [5.74, 6) is 1.50. The zero-order valence-corrected chi connectivity index (χ0v) is 17.1. The Bertz CT molecular complexity index is 938. The topological polar surface area (TPSA) is 0 Å². The molecule has 2 aliphatic rings. The quantitative estimate of drug-likeness (QED) is 0.552. The molecule has 0 bridgehead atoms. The molecule has 0 heterocycles. The Balaban J connectivity index is 1.98. The highest BCUT2D eigenvalue weighted by molar-refractivity contribution is 9.11. The van der Waals surface area contributed by atoms with Crippen molar-refractivity contribution < 1.29 is 0 Å². The lowest BCUT2D eigenvalue weighted by Crippen LogP contribution is -2.36. The number of halogens is 2. The van der Waals surface area contributed by atoms with Crippen LogP contribution in [-0.2, 0) is 6.42 Å². The molecule has 0 saturated carbocycles. The van der Waals surface area contributed by atoms with Crippen LogP contribution in [0.15, 0.2) is 45.4 Å². The molecule has 3 unspecified atom stereocenters. The zero-order chi connectivity index (χ0) is 16.8. The SMILES string of the molecule is CC1C=Cc2c(c(Br)c3c(c2Br)=CC(c2ccccc2)C(C)C=3)C1. The molecule has 4 rings (SSSR count). The lowest BCUT2D eigenvalue weighted by atomic mass is 9.81. The maximum absolute atomic E-state index is 3.91. The molecule has 122 valence electrons. The summed E-state index contributed by atoms with van der Waals surface area (Å²) in [6, 6.07) is 10.8. The molecule has 2 aromatic rings. The van der Waals surface area contributed by atoms with Crippen LogP contribution in [0.1, 0.15) is 36.5 Å². The molecule has 2 heteroatoms. The van der Waals surface area contributed by atoms with Gasteiger partial charge in [0.05, 0.1) is 0 Å². The lowest BCUT2D eigenvalue weighted by Gasteiger charge is -2.26. The van der Waals surface area contributed by atoms with Crippen molar-refractivity contribution in [3.63, 3.8) is 0 Å². The summed E-state index contributed by atoms with van der Waals surface area (Å²) in [5.41, 5.74) is 4.16. The van der Waals surface area contributed by atoms with Gasteiger partial charge in [-0.2, -0.15) is 0 Å². The van der Waals surface area contributed by atoms with Crippen LogP contribution < -0.4 is 10.4 Å². The van der Waals surface area contributed by atoms with Gasteiger partial charge in [0.15, 0.2) is 0 Å². The van der Waals surface area contributed by atoms with Crippen molar-refractivity contribution >= 4 is 50.1 Å². The van der Waals surface area contributed by atoms with Crippen LogP contribution in [0, 0.1) is 11.8 Å². The van der Waals surface area contributed by atoms with Gasteiger partial charge in [-0.25, -0.2) is 0 Å². The second-order valence-corrected chi connectivity index (χ2v) is 8.60. The van der Waals surface area contributed by atoms with Crippen LogP contribution in [0.5, 0.6) is 0 Å². The van der Waals surface area contributed by atoms with Crippen LogP contribution in [0.2, 0.25) is 0 Å². The fourth-order valence-electron chi connectivity index (χ4n) is 3.92. The molecule has 0 aromatic heterocycles. The second kappa shape index (κ2) is 6.31. The molecule has 0 saturated heterocycles. The van der Waals surface area contributed by atoms with Gasteiger partial charge in [-0.15, -0.1) is 0 Å². The molecule has 0 aliphatic heterocycles. The predicted molar refractivity (Wildman–Crippen MR) is 110 cm³/mol. The molecule has 0 radical (unpaired) electrons. The molecular formula is C22H20Br2. The number of benzene rings is 2. The average Bonchev–Trinajstić information content (AvgIpc) is 2.60. The molecule has 3 atom stereocenters. The standard InChI is InChI=1S/C22H20Br2/c1-13-8-9-16-18(10-13)22(24)19-11-14(2)17(12-20(19)21(16)23)15-6-4-3-5-7-15/h3-9,11-14,17H,10H2,1-2H3. The van der Waals surface area contributed by atoms with Gasteiger partial charge in [-0.05, 0) is 77.2 Å². The third-order valence-corrected chi connectivity index (χ3v) is 6.99. The monoisotopic (exact) mass is 442 g/mol. The minimum absolute atomic E-state index is 0.423. The minimum Gasteiger partial charge on any atom is -0.0807 e. The van der Waals surface area contributed by atoms with E-state index in [1.807, 2.05) is 0 Å². The van der Waals surface area contributed by atoms with Crippen LogP contribution in [-0.4, -0.2) is 0 Å². The van der Waals surface area contributed by atoms with E-state index in [0.717, 1.165) is 6.42 Å². The smallest absolute Gasteiger partial charge is 0.0326 e. The van der Waals surface area contributed by atoms with Crippen molar-refractivity contribution in [2.24, 2.45) is 11.8 Å². The van der Waals surface area contributed by atoms with Crippen molar-refractivity contribution in [1.29, 1.82) is 0 Å². The first-order valence-electron chi connectivity index (χ1n) is 8.53. The first-order valence-corrected chi connectivity index (χ1v) is 10.1. The minimum atomic E-state index is 0.423. The maximum atomic E-state index is 3.91. The number of allylic oxidation sites excluding steroid dienone is 1. The largest absolute Gasteiger partial charge is 0.0807 e. The summed E-state index contributed by atoms with van der Waals surface area (Å²) in [4.78, 5) is 0. The van der Waals surface area contributed by atoms with Gasteiger partial charge in [-0.3, -0.25) is 0 Å². The van der Waals surface area contributed by atoms with Crippen molar-refractivity contribution in [3.8, 4) is 0 Å². The molecular weight excluding hydrogens is 424 g/mol. The summed E-state index contributed by atoms with van der Waals surface area (Å²) < 4.78 is 2.52. The fourth-order valence-corrected chi connectivity index (χ4v) is 5.36. The summed E-state index contributed by atoms with van der Waals surface area (Å²) in [6.45, 7) is 4.60. The van der Waals surface area contributed by atoms with Crippen LogP contribution in [0.4, 0.5) is 0 Å². The summed E-state index contributed by atoms with van der Waals surface area (Å²) in [7, 11) is 0. The van der Waals surface area contributed by atoms with E-state index in [1.54, 1.807) is 0 Å². The molecule has 24 heavy (non-hydrogen) atoms.